The normalized spacial score (nSPS) is 11.9. The predicted molar refractivity (Wildman–Crippen MR) is 56.8 cm³/mol. The van der Waals surface area contributed by atoms with Crippen LogP contribution in [0, 0.1) is 0 Å². The van der Waals surface area contributed by atoms with Gasteiger partial charge in [-0.2, -0.15) is 0 Å². The SMILES string of the molecule is COC(=O)c1cc(C(C)=O)cc(S(=O)O)c1. The van der Waals surface area contributed by atoms with Gasteiger partial charge in [-0.3, -0.25) is 4.79 Å². The molecule has 16 heavy (non-hydrogen) atoms. The largest absolute Gasteiger partial charge is 0.465 e. The van der Waals surface area contributed by atoms with Crippen molar-refractivity contribution < 1.29 is 23.1 Å². The Kier molecular flexibility index (Phi) is 3.92. The zero-order valence-electron chi connectivity index (χ0n) is 8.72. The van der Waals surface area contributed by atoms with Crippen LogP contribution in [0.4, 0.5) is 0 Å². The van der Waals surface area contributed by atoms with Gasteiger partial charge in [0, 0.05) is 5.56 Å². The Labute approximate surface area is 94.7 Å². The van der Waals surface area contributed by atoms with Gasteiger partial charge in [0.2, 0.25) is 0 Å². The summed E-state index contributed by atoms with van der Waals surface area (Å²) >= 11 is -2.24. The minimum absolute atomic E-state index is 0.00639. The lowest BCUT2D eigenvalue weighted by Gasteiger charge is -2.04. The van der Waals surface area contributed by atoms with E-state index in [4.69, 9.17) is 4.55 Å². The second kappa shape index (κ2) is 5.00. The average Bonchev–Trinajstić information content (AvgIpc) is 2.27. The summed E-state index contributed by atoms with van der Waals surface area (Å²) in [7, 11) is 1.19. The second-order valence-corrected chi connectivity index (χ2v) is 4.01. The van der Waals surface area contributed by atoms with Gasteiger partial charge in [0.25, 0.3) is 0 Å². The van der Waals surface area contributed by atoms with Crippen LogP contribution in [0.2, 0.25) is 0 Å². The lowest BCUT2D eigenvalue weighted by molar-refractivity contribution is 0.0600. The number of hydrogen-bond donors (Lipinski definition) is 1. The molecule has 0 saturated carbocycles. The number of ether oxygens (including phenoxy) is 1. The molecule has 0 fully saturated rings. The maximum absolute atomic E-state index is 11.2. The molecule has 0 aromatic heterocycles. The third-order valence-electron chi connectivity index (χ3n) is 1.94. The van der Waals surface area contributed by atoms with E-state index in [1.54, 1.807) is 0 Å². The average molecular weight is 242 g/mol. The van der Waals surface area contributed by atoms with Gasteiger partial charge in [-0.1, -0.05) is 0 Å². The van der Waals surface area contributed by atoms with Crippen LogP contribution in [-0.4, -0.2) is 27.6 Å². The minimum Gasteiger partial charge on any atom is -0.465 e. The van der Waals surface area contributed by atoms with E-state index in [9.17, 15) is 13.8 Å². The number of carbonyl (C=O) groups is 2. The van der Waals surface area contributed by atoms with Crippen LogP contribution in [0.25, 0.3) is 0 Å². The minimum atomic E-state index is -2.24. The third kappa shape index (κ3) is 2.74. The second-order valence-electron chi connectivity index (χ2n) is 3.04. The van der Waals surface area contributed by atoms with Crippen molar-refractivity contribution in [3.8, 4) is 0 Å². The van der Waals surface area contributed by atoms with Crippen molar-refractivity contribution in [3.05, 3.63) is 29.3 Å². The number of benzene rings is 1. The Morgan fingerprint density at radius 3 is 2.25 bits per heavy atom. The highest BCUT2D eigenvalue weighted by Crippen LogP contribution is 2.14. The highest BCUT2D eigenvalue weighted by atomic mass is 32.2. The number of esters is 1. The van der Waals surface area contributed by atoms with Gasteiger partial charge in [-0.15, -0.1) is 0 Å². The first kappa shape index (κ1) is 12.5. The van der Waals surface area contributed by atoms with Crippen molar-refractivity contribution in [1.82, 2.24) is 0 Å². The van der Waals surface area contributed by atoms with E-state index in [2.05, 4.69) is 4.74 Å². The summed E-state index contributed by atoms with van der Waals surface area (Å²) in [5.74, 6) is -0.952. The number of methoxy groups -OCH3 is 1. The summed E-state index contributed by atoms with van der Waals surface area (Å²) in [6.45, 7) is 1.31. The summed E-state index contributed by atoms with van der Waals surface area (Å²) in [5, 5.41) is 0. The highest BCUT2D eigenvalue weighted by molar-refractivity contribution is 7.79. The van der Waals surface area contributed by atoms with Gasteiger partial charge < -0.3 is 9.29 Å². The third-order valence-corrected chi connectivity index (χ3v) is 2.57. The van der Waals surface area contributed by atoms with E-state index in [0.29, 0.717) is 0 Å². The first-order valence-corrected chi connectivity index (χ1v) is 5.41. The van der Waals surface area contributed by atoms with Gasteiger partial charge >= 0.3 is 5.97 Å². The van der Waals surface area contributed by atoms with Crippen LogP contribution < -0.4 is 0 Å². The van der Waals surface area contributed by atoms with Crippen molar-refractivity contribution in [2.24, 2.45) is 0 Å². The maximum atomic E-state index is 11.2. The molecule has 1 aromatic rings. The van der Waals surface area contributed by atoms with E-state index >= 15 is 0 Å². The summed E-state index contributed by atoms with van der Waals surface area (Å²) in [5.41, 5.74) is 0.271. The van der Waals surface area contributed by atoms with Crippen LogP contribution in [0.15, 0.2) is 23.1 Å². The van der Waals surface area contributed by atoms with Crippen molar-refractivity contribution in [3.63, 3.8) is 0 Å². The van der Waals surface area contributed by atoms with Gasteiger partial charge in [-0.05, 0) is 25.1 Å². The smallest absolute Gasteiger partial charge is 0.337 e. The van der Waals surface area contributed by atoms with E-state index < -0.39 is 17.0 Å². The molecule has 0 amide bonds. The predicted octanol–water partition coefficient (Wildman–Crippen LogP) is 1.26. The fraction of sp³-hybridized carbons (Fsp3) is 0.200. The summed E-state index contributed by atoms with van der Waals surface area (Å²) in [6.07, 6.45) is 0. The van der Waals surface area contributed by atoms with Crippen LogP contribution in [0.3, 0.4) is 0 Å². The van der Waals surface area contributed by atoms with E-state index in [0.717, 1.165) is 0 Å². The van der Waals surface area contributed by atoms with Crippen LogP contribution >= 0.6 is 0 Å². The van der Waals surface area contributed by atoms with Gasteiger partial charge in [0.15, 0.2) is 16.9 Å². The van der Waals surface area contributed by atoms with Gasteiger partial charge in [-0.25, -0.2) is 9.00 Å². The fourth-order valence-corrected chi connectivity index (χ4v) is 1.59. The van der Waals surface area contributed by atoms with E-state index in [1.807, 2.05) is 0 Å². The molecule has 0 aliphatic heterocycles. The van der Waals surface area contributed by atoms with E-state index in [-0.39, 0.29) is 21.8 Å². The molecule has 1 unspecified atom stereocenters. The molecular formula is C10H10O5S. The highest BCUT2D eigenvalue weighted by Gasteiger charge is 2.13. The molecule has 0 aliphatic carbocycles. The zero-order chi connectivity index (χ0) is 12.3. The fourth-order valence-electron chi connectivity index (χ4n) is 1.14. The molecule has 0 radical (unpaired) electrons. The quantitative estimate of drug-likeness (QED) is 0.490. The molecule has 0 aliphatic rings. The first-order chi connectivity index (χ1) is 7.45. The Balaban J connectivity index is 3.35. The Morgan fingerprint density at radius 2 is 1.81 bits per heavy atom. The van der Waals surface area contributed by atoms with Crippen molar-refractivity contribution in [2.45, 2.75) is 11.8 Å². The van der Waals surface area contributed by atoms with Crippen LogP contribution in [0.5, 0.6) is 0 Å². The molecule has 0 bridgehead atoms. The summed E-state index contributed by atoms with van der Waals surface area (Å²) in [4.78, 5) is 22.4. The lowest BCUT2D eigenvalue weighted by Crippen LogP contribution is -2.05. The molecular weight excluding hydrogens is 232 g/mol. The molecule has 0 heterocycles. The number of hydrogen-bond acceptors (Lipinski definition) is 4. The van der Waals surface area contributed by atoms with E-state index in [1.165, 1.54) is 32.2 Å². The standard InChI is InChI=1S/C10H10O5S/c1-6(11)7-3-8(10(12)15-2)5-9(4-7)16(13)14/h3-5H,1-2H3,(H,13,14). The monoisotopic (exact) mass is 242 g/mol. The lowest BCUT2D eigenvalue weighted by atomic mass is 10.1. The zero-order valence-corrected chi connectivity index (χ0v) is 9.54. The Morgan fingerprint density at radius 1 is 1.25 bits per heavy atom. The topological polar surface area (TPSA) is 80.7 Å². The summed E-state index contributed by atoms with van der Waals surface area (Å²) < 4.78 is 24.3. The van der Waals surface area contributed by atoms with Crippen molar-refractivity contribution >= 4 is 22.8 Å². The number of rotatable bonds is 3. The maximum Gasteiger partial charge on any atom is 0.337 e. The number of carbonyl (C=O) groups excluding carboxylic acids is 2. The summed E-state index contributed by atoms with van der Waals surface area (Å²) in [6, 6.07) is 3.81. The molecule has 86 valence electrons. The number of Topliss-reactive ketones (excluding diaryl/α,β-unsaturated/α-hetero) is 1. The number of ketones is 1. The molecule has 1 aromatic carbocycles. The van der Waals surface area contributed by atoms with Crippen LogP contribution in [0.1, 0.15) is 27.6 Å². The van der Waals surface area contributed by atoms with Gasteiger partial charge in [0.1, 0.15) is 0 Å². The molecule has 1 rings (SSSR count). The Bertz CT molecular complexity index is 434. The van der Waals surface area contributed by atoms with Crippen molar-refractivity contribution in [2.75, 3.05) is 7.11 Å². The molecule has 5 nitrogen and oxygen atoms in total. The molecule has 0 spiro atoms. The van der Waals surface area contributed by atoms with Gasteiger partial charge in [0.05, 0.1) is 17.6 Å². The Hall–Kier alpha value is -1.53. The van der Waals surface area contributed by atoms with Crippen LogP contribution in [-0.2, 0) is 15.8 Å². The molecule has 0 saturated heterocycles. The first-order valence-electron chi connectivity index (χ1n) is 4.31. The van der Waals surface area contributed by atoms with Crippen molar-refractivity contribution in [1.29, 1.82) is 0 Å². The molecule has 1 atom stereocenters. The molecule has 1 N–H and O–H groups in total. The molecule has 6 heteroatoms.